The van der Waals surface area contributed by atoms with Gasteiger partial charge < -0.3 is 19.9 Å². The van der Waals surface area contributed by atoms with Gasteiger partial charge in [0.15, 0.2) is 11.5 Å². The molecule has 146 valence electrons. The maximum absolute atomic E-state index is 12.5. The molecule has 27 heavy (non-hydrogen) atoms. The van der Waals surface area contributed by atoms with Crippen molar-refractivity contribution in [1.82, 2.24) is 10.2 Å². The predicted octanol–water partition coefficient (Wildman–Crippen LogP) is 1.63. The summed E-state index contributed by atoms with van der Waals surface area (Å²) in [5.41, 5.74) is 0.00629. The summed E-state index contributed by atoms with van der Waals surface area (Å²) < 4.78 is 5.41. The Balaban J connectivity index is 1.55. The minimum atomic E-state index is -0.914. The second kappa shape index (κ2) is 7.76. The number of ketones is 1. The summed E-state index contributed by atoms with van der Waals surface area (Å²) in [6.45, 7) is 4.22. The van der Waals surface area contributed by atoms with E-state index in [2.05, 4.69) is 10.2 Å². The molecule has 1 aromatic carbocycles. The Labute approximate surface area is 163 Å². The number of benzene rings is 1. The lowest BCUT2D eigenvalue weighted by atomic mass is 9.92. The highest BCUT2D eigenvalue weighted by atomic mass is 35.5. The number of carbonyl (C=O) groups is 3. The monoisotopic (exact) mass is 393 g/mol. The van der Waals surface area contributed by atoms with Crippen LogP contribution in [0.5, 0.6) is 5.75 Å². The Morgan fingerprint density at radius 1 is 1.26 bits per heavy atom. The first-order valence-corrected chi connectivity index (χ1v) is 9.41. The summed E-state index contributed by atoms with van der Waals surface area (Å²) in [5, 5.41) is 3.25. The van der Waals surface area contributed by atoms with Crippen molar-refractivity contribution in [2.24, 2.45) is 0 Å². The molecule has 0 unspecified atom stereocenters. The van der Waals surface area contributed by atoms with Crippen LogP contribution in [0.15, 0.2) is 18.2 Å². The van der Waals surface area contributed by atoms with Gasteiger partial charge in [0.25, 0.3) is 0 Å². The smallest absolute Gasteiger partial charge is 0.228 e. The van der Waals surface area contributed by atoms with Crippen molar-refractivity contribution in [3.8, 4) is 5.75 Å². The largest absolute Gasteiger partial charge is 0.493 e. The van der Waals surface area contributed by atoms with Gasteiger partial charge in [-0.2, -0.15) is 0 Å². The van der Waals surface area contributed by atoms with Crippen LogP contribution < -0.4 is 15.0 Å². The molecule has 2 heterocycles. The van der Waals surface area contributed by atoms with E-state index in [-0.39, 0.29) is 30.4 Å². The van der Waals surface area contributed by atoms with Gasteiger partial charge in [-0.15, -0.1) is 0 Å². The number of para-hydroxylation sites is 1. The number of hydrogen-bond acceptors (Lipinski definition) is 5. The number of halogens is 1. The van der Waals surface area contributed by atoms with E-state index in [9.17, 15) is 14.4 Å². The van der Waals surface area contributed by atoms with Crippen molar-refractivity contribution in [3.05, 3.63) is 23.2 Å². The van der Waals surface area contributed by atoms with Crippen molar-refractivity contribution >= 4 is 34.9 Å². The number of carbonyl (C=O) groups excluding carboxylic acids is 3. The lowest BCUT2D eigenvalue weighted by molar-refractivity contribution is -0.132. The van der Waals surface area contributed by atoms with E-state index >= 15 is 0 Å². The number of Topliss-reactive ketones (excluding diaryl/α,β-unsaturated/α-hetero) is 1. The van der Waals surface area contributed by atoms with Crippen LogP contribution in [0.1, 0.15) is 26.2 Å². The van der Waals surface area contributed by atoms with Gasteiger partial charge in [-0.25, -0.2) is 0 Å². The van der Waals surface area contributed by atoms with E-state index in [1.54, 1.807) is 25.0 Å². The number of amides is 2. The highest BCUT2D eigenvalue weighted by Crippen LogP contribution is 2.35. The number of methoxy groups -OCH3 is 1. The van der Waals surface area contributed by atoms with Gasteiger partial charge in [-0.1, -0.05) is 17.7 Å². The quantitative estimate of drug-likeness (QED) is 0.769. The van der Waals surface area contributed by atoms with Crippen molar-refractivity contribution < 1.29 is 19.1 Å². The highest BCUT2D eigenvalue weighted by Gasteiger charge is 2.41. The third-order valence-corrected chi connectivity index (χ3v) is 5.61. The molecule has 8 heteroatoms. The Bertz CT molecular complexity index is 761. The fraction of sp³-hybridized carbons (Fsp3) is 0.526. The highest BCUT2D eigenvalue weighted by molar-refractivity contribution is 6.32. The van der Waals surface area contributed by atoms with Crippen LogP contribution in [0.4, 0.5) is 5.69 Å². The summed E-state index contributed by atoms with van der Waals surface area (Å²) in [5.74, 6) is 0.238. The van der Waals surface area contributed by atoms with E-state index in [4.69, 9.17) is 16.3 Å². The molecule has 2 saturated heterocycles. The Morgan fingerprint density at radius 2 is 1.96 bits per heavy atom. The summed E-state index contributed by atoms with van der Waals surface area (Å²) in [7, 11) is 1.59. The first-order valence-electron chi connectivity index (χ1n) is 9.03. The number of nitrogens with zero attached hydrogens (tertiary/aromatic N) is 2. The van der Waals surface area contributed by atoms with Crippen molar-refractivity contribution in [3.63, 3.8) is 0 Å². The van der Waals surface area contributed by atoms with Gasteiger partial charge in [-0.3, -0.25) is 14.4 Å². The first-order chi connectivity index (χ1) is 12.8. The summed E-state index contributed by atoms with van der Waals surface area (Å²) in [6, 6.07) is 5.62. The van der Waals surface area contributed by atoms with Crippen molar-refractivity contribution in [2.75, 3.05) is 38.2 Å². The molecule has 2 amide bonds. The normalized spacial score (nSPS) is 22.8. The van der Waals surface area contributed by atoms with Gasteiger partial charge >= 0.3 is 0 Å². The van der Waals surface area contributed by atoms with Crippen LogP contribution in [0, 0.1) is 0 Å². The van der Waals surface area contributed by atoms with Crippen molar-refractivity contribution in [1.29, 1.82) is 0 Å². The predicted molar refractivity (Wildman–Crippen MR) is 102 cm³/mol. The number of nitrogens with one attached hydrogen (secondary N) is 1. The average molecular weight is 394 g/mol. The molecule has 0 bridgehead atoms. The summed E-state index contributed by atoms with van der Waals surface area (Å²) in [4.78, 5) is 39.9. The van der Waals surface area contributed by atoms with Crippen LogP contribution in [0.3, 0.4) is 0 Å². The lowest BCUT2D eigenvalue weighted by Crippen LogP contribution is -2.50. The average Bonchev–Trinajstić information content (AvgIpc) is 2.91. The standard InChI is InChI=1S/C19H24ClN3O4/c1-19(15(24)12-16(25)21-19)7-6-17(26)23-10-8-22(9-11-23)14-5-3-4-13(20)18(14)27-2/h3-5H,6-12H2,1-2H3,(H,21,25)/t19-/m1/s1. The molecule has 1 atom stereocenters. The van der Waals surface area contributed by atoms with E-state index < -0.39 is 5.54 Å². The molecule has 0 radical (unpaired) electrons. The van der Waals surface area contributed by atoms with Crippen LogP contribution in [0.2, 0.25) is 5.02 Å². The Morgan fingerprint density at radius 3 is 2.56 bits per heavy atom. The second-order valence-corrected chi connectivity index (χ2v) is 7.55. The molecule has 2 fully saturated rings. The molecule has 7 nitrogen and oxygen atoms in total. The first kappa shape index (κ1) is 19.5. The molecular weight excluding hydrogens is 370 g/mol. The van der Waals surface area contributed by atoms with Gasteiger partial charge in [0.1, 0.15) is 0 Å². The summed E-state index contributed by atoms with van der Waals surface area (Å²) >= 11 is 6.19. The molecule has 1 N–H and O–H groups in total. The fourth-order valence-corrected chi connectivity index (χ4v) is 3.87. The van der Waals surface area contributed by atoms with E-state index in [0.717, 1.165) is 5.69 Å². The van der Waals surface area contributed by atoms with Crippen LogP contribution in [0.25, 0.3) is 0 Å². The molecule has 2 aliphatic rings. The second-order valence-electron chi connectivity index (χ2n) is 7.14. The minimum Gasteiger partial charge on any atom is -0.493 e. The minimum absolute atomic E-state index is 0.00267. The number of rotatable bonds is 5. The molecule has 0 spiro atoms. The molecule has 0 aliphatic carbocycles. The van der Waals surface area contributed by atoms with Crippen LogP contribution >= 0.6 is 11.6 Å². The topological polar surface area (TPSA) is 79.0 Å². The molecular formula is C19H24ClN3O4. The number of anilines is 1. The SMILES string of the molecule is COc1c(Cl)cccc1N1CCN(C(=O)CC[C@@]2(C)NC(=O)CC2=O)CC1. The Hall–Kier alpha value is -2.28. The van der Waals surface area contributed by atoms with Gasteiger partial charge in [-0.05, 0) is 25.5 Å². The zero-order valence-corrected chi connectivity index (χ0v) is 16.3. The number of piperazine rings is 1. The molecule has 0 aromatic heterocycles. The Kier molecular flexibility index (Phi) is 5.60. The molecule has 3 rings (SSSR count). The van der Waals surface area contributed by atoms with E-state index in [1.165, 1.54) is 0 Å². The van der Waals surface area contributed by atoms with E-state index in [1.807, 2.05) is 12.1 Å². The molecule has 0 saturated carbocycles. The van der Waals surface area contributed by atoms with Gasteiger partial charge in [0.2, 0.25) is 11.8 Å². The van der Waals surface area contributed by atoms with Crippen LogP contribution in [-0.2, 0) is 14.4 Å². The third-order valence-electron chi connectivity index (χ3n) is 5.31. The van der Waals surface area contributed by atoms with E-state index in [0.29, 0.717) is 43.4 Å². The number of ether oxygens (including phenoxy) is 1. The third kappa shape index (κ3) is 4.03. The zero-order chi connectivity index (χ0) is 19.6. The van der Waals surface area contributed by atoms with Crippen LogP contribution in [-0.4, -0.2) is 61.3 Å². The van der Waals surface area contributed by atoms with Crippen molar-refractivity contribution in [2.45, 2.75) is 31.7 Å². The fourth-order valence-electron chi connectivity index (χ4n) is 3.62. The molecule has 2 aliphatic heterocycles. The zero-order valence-electron chi connectivity index (χ0n) is 15.6. The number of hydrogen-bond donors (Lipinski definition) is 1. The molecule has 1 aromatic rings. The maximum Gasteiger partial charge on any atom is 0.228 e. The maximum atomic E-state index is 12.5. The van der Waals surface area contributed by atoms with Gasteiger partial charge in [0, 0.05) is 32.6 Å². The summed E-state index contributed by atoms with van der Waals surface area (Å²) in [6.07, 6.45) is 0.479. The van der Waals surface area contributed by atoms with Gasteiger partial charge in [0.05, 0.1) is 29.8 Å². The lowest BCUT2D eigenvalue weighted by Gasteiger charge is -2.37.